The number of nitrogens with zero attached hydrogens (tertiary/aromatic N) is 1. The predicted molar refractivity (Wildman–Crippen MR) is 186 cm³/mol. The molecule has 1 aliphatic rings. The summed E-state index contributed by atoms with van der Waals surface area (Å²) in [6.07, 6.45) is 16.2. The molecule has 2 N–H and O–H groups in total. The maximum atomic E-state index is 9.87. The summed E-state index contributed by atoms with van der Waals surface area (Å²) in [4.78, 5) is 1.94. The van der Waals surface area contributed by atoms with Gasteiger partial charge in [-0.15, -0.1) is 0 Å². The Kier molecular flexibility index (Phi) is 13.7. The Morgan fingerprint density at radius 2 is 1.60 bits per heavy atom. The fourth-order valence-corrected chi connectivity index (χ4v) is 6.67. The molecule has 0 saturated heterocycles. The van der Waals surface area contributed by atoms with Crippen LogP contribution in [0.25, 0.3) is 0 Å². The monoisotopic (exact) mass is 571 g/mol. The van der Waals surface area contributed by atoms with Gasteiger partial charge in [-0.2, -0.15) is 0 Å². The van der Waals surface area contributed by atoms with Gasteiger partial charge in [-0.1, -0.05) is 108 Å². The van der Waals surface area contributed by atoms with Crippen LogP contribution in [0.5, 0.6) is 0 Å². The van der Waals surface area contributed by atoms with Gasteiger partial charge in [0.2, 0.25) is 0 Å². The molecule has 1 aromatic carbocycles. The molecule has 3 nitrogen and oxygen atoms in total. The van der Waals surface area contributed by atoms with Crippen LogP contribution in [0, 0.1) is 28.6 Å². The van der Waals surface area contributed by atoms with Crippen molar-refractivity contribution in [3.8, 4) is 0 Å². The number of hydrogen-bond donors (Lipinski definition) is 2. The van der Waals surface area contributed by atoms with Gasteiger partial charge in [0.15, 0.2) is 0 Å². The second kappa shape index (κ2) is 16.2. The van der Waals surface area contributed by atoms with Crippen LogP contribution in [0.4, 0.5) is 0 Å². The molecule has 232 valence electrons. The van der Waals surface area contributed by atoms with Crippen molar-refractivity contribution in [1.29, 1.82) is 10.8 Å². The Labute approximate surface area is 259 Å². The molecular weight excluding hydrogens is 510 g/mol. The highest BCUT2D eigenvalue weighted by atomic mass is 15.2. The molecule has 3 unspecified atom stereocenters. The first-order chi connectivity index (χ1) is 19.9. The first-order valence-electron chi connectivity index (χ1n) is 16.6. The normalized spacial score (nSPS) is 19.3. The number of unbranched alkanes of at least 4 members (excludes halogenated alkanes) is 1. The molecule has 1 fully saturated rings. The van der Waals surface area contributed by atoms with E-state index in [0.717, 1.165) is 71.1 Å². The minimum atomic E-state index is -0.0655. The fourth-order valence-electron chi connectivity index (χ4n) is 6.67. The molecule has 0 heterocycles. The van der Waals surface area contributed by atoms with Crippen molar-refractivity contribution >= 4 is 11.7 Å². The summed E-state index contributed by atoms with van der Waals surface area (Å²) >= 11 is 0. The van der Waals surface area contributed by atoms with E-state index in [1.54, 1.807) is 0 Å². The van der Waals surface area contributed by atoms with Crippen molar-refractivity contribution in [2.45, 2.75) is 133 Å². The topological polar surface area (TPSA) is 50.9 Å². The fraction of sp³-hybridized carbons (Fsp3) is 0.590. The molecule has 2 rings (SSSR count). The average molecular weight is 572 g/mol. The molecule has 42 heavy (non-hydrogen) atoms. The van der Waals surface area contributed by atoms with Crippen LogP contribution in [-0.4, -0.2) is 16.6 Å². The van der Waals surface area contributed by atoms with Gasteiger partial charge >= 0.3 is 0 Å². The van der Waals surface area contributed by atoms with Gasteiger partial charge in [-0.05, 0) is 107 Å². The zero-order valence-electron chi connectivity index (χ0n) is 28.9. The molecule has 3 heteroatoms. The quantitative estimate of drug-likeness (QED) is 0.130. The van der Waals surface area contributed by atoms with E-state index in [1.807, 2.05) is 24.8 Å². The van der Waals surface area contributed by atoms with E-state index in [1.165, 1.54) is 31.2 Å². The summed E-state index contributed by atoms with van der Waals surface area (Å²) in [7, 11) is 0. The van der Waals surface area contributed by atoms with Crippen molar-refractivity contribution < 1.29 is 0 Å². The van der Waals surface area contributed by atoms with Crippen molar-refractivity contribution in [2.24, 2.45) is 17.8 Å². The van der Waals surface area contributed by atoms with Crippen LogP contribution < -0.4 is 0 Å². The highest BCUT2D eigenvalue weighted by molar-refractivity contribution is 6.16. The van der Waals surface area contributed by atoms with Gasteiger partial charge in [0.05, 0.1) is 5.70 Å². The van der Waals surface area contributed by atoms with Gasteiger partial charge in [0, 0.05) is 11.1 Å². The molecule has 1 saturated carbocycles. The third-order valence-electron chi connectivity index (χ3n) is 10.0. The highest BCUT2D eigenvalue weighted by Gasteiger charge is 2.35. The molecule has 1 aliphatic carbocycles. The molecule has 0 spiro atoms. The minimum Gasteiger partial charge on any atom is -0.284 e. The van der Waals surface area contributed by atoms with Crippen molar-refractivity contribution in [3.63, 3.8) is 0 Å². The maximum Gasteiger partial charge on any atom is 0.138 e. The zero-order chi connectivity index (χ0) is 31.6. The summed E-state index contributed by atoms with van der Waals surface area (Å²) in [6, 6.07) is 8.51. The maximum absolute atomic E-state index is 9.87. The molecule has 0 bridgehead atoms. The van der Waals surface area contributed by atoms with E-state index in [9.17, 15) is 10.8 Å². The van der Waals surface area contributed by atoms with Crippen LogP contribution in [-0.2, 0) is 5.41 Å². The van der Waals surface area contributed by atoms with E-state index >= 15 is 0 Å². The molecule has 3 atom stereocenters. The lowest BCUT2D eigenvalue weighted by molar-refractivity contribution is 0.165. The van der Waals surface area contributed by atoms with Crippen LogP contribution in [0.3, 0.4) is 0 Å². The van der Waals surface area contributed by atoms with Crippen LogP contribution in [0.1, 0.15) is 139 Å². The first-order valence-corrected chi connectivity index (χ1v) is 16.6. The Morgan fingerprint density at radius 1 is 0.952 bits per heavy atom. The van der Waals surface area contributed by atoms with E-state index in [2.05, 4.69) is 98.7 Å². The van der Waals surface area contributed by atoms with Gasteiger partial charge in [-0.25, -0.2) is 0 Å². The second-order valence-corrected chi connectivity index (χ2v) is 13.3. The highest BCUT2D eigenvalue weighted by Crippen LogP contribution is 2.42. The summed E-state index contributed by atoms with van der Waals surface area (Å²) in [5, 5.41) is 19.5. The second-order valence-electron chi connectivity index (χ2n) is 13.3. The van der Waals surface area contributed by atoms with Crippen molar-refractivity contribution in [2.75, 3.05) is 0 Å². The largest absolute Gasteiger partial charge is 0.284 e. The summed E-state index contributed by atoms with van der Waals surface area (Å²) in [5.41, 5.74) is 7.26. The van der Waals surface area contributed by atoms with E-state index in [-0.39, 0.29) is 5.41 Å². The number of benzene rings is 1. The molecule has 0 radical (unpaired) electrons. The summed E-state index contributed by atoms with van der Waals surface area (Å²) in [6.45, 7) is 24.1. The summed E-state index contributed by atoms with van der Waals surface area (Å²) < 4.78 is 0. The van der Waals surface area contributed by atoms with Crippen molar-refractivity contribution in [3.05, 3.63) is 81.6 Å². The molecular formula is C39H61N3. The third-order valence-corrected chi connectivity index (χ3v) is 10.0. The standard InChI is InChI=1S/C39H61N3/c1-12-16-26-39(11,28(7)8)35-21-18-17-20-34(35)38(41)42(37(40)33(15-4)29(9)14-3)36(27(5)6)30(10)22-23-32-25-24-31(32)19-13-2/h14-15,17-18,20-22,28,31-32,40-41H,12-13,16,19,23-26H2,1-11H3. The first kappa shape index (κ1) is 35.5. The number of rotatable bonds is 14. The average Bonchev–Trinajstić information content (AvgIpc) is 2.96. The van der Waals surface area contributed by atoms with E-state index in [4.69, 9.17) is 0 Å². The lowest BCUT2D eigenvalue weighted by atomic mass is 9.68. The Morgan fingerprint density at radius 3 is 2.10 bits per heavy atom. The Balaban J connectivity index is 2.74. The smallest absolute Gasteiger partial charge is 0.138 e. The van der Waals surface area contributed by atoms with Crippen LogP contribution >= 0.6 is 0 Å². The molecule has 0 aliphatic heterocycles. The predicted octanol–water partition coefficient (Wildman–Crippen LogP) is 11.8. The van der Waals surface area contributed by atoms with Gasteiger partial charge in [0.25, 0.3) is 0 Å². The number of hydrogen-bond acceptors (Lipinski definition) is 2. The van der Waals surface area contributed by atoms with Crippen LogP contribution in [0.15, 0.2) is 70.5 Å². The van der Waals surface area contributed by atoms with E-state index in [0.29, 0.717) is 17.6 Å². The minimum absolute atomic E-state index is 0.0655. The lowest BCUT2D eigenvalue weighted by Gasteiger charge is -2.39. The van der Waals surface area contributed by atoms with Crippen LogP contribution in [0.2, 0.25) is 0 Å². The molecule has 0 aromatic heterocycles. The zero-order valence-corrected chi connectivity index (χ0v) is 28.9. The summed E-state index contributed by atoms with van der Waals surface area (Å²) in [5.74, 6) is 2.78. The van der Waals surface area contributed by atoms with Crippen molar-refractivity contribution in [1.82, 2.24) is 4.90 Å². The van der Waals surface area contributed by atoms with Gasteiger partial charge in [0.1, 0.15) is 11.7 Å². The number of nitrogens with one attached hydrogen (secondary N) is 2. The Hall–Kier alpha value is -2.68. The molecule has 1 aromatic rings. The Bertz CT molecular complexity index is 1200. The van der Waals surface area contributed by atoms with E-state index < -0.39 is 0 Å². The van der Waals surface area contributed by atoms with Gasteiger partial charge < -0.3 is 0 Å². The van der Waals surface area contributed by atoms with Gasteiger partial charge in [-0.3, -0.25) is 15.7 Å². The third kappa shape index (κ3) is 8.03. The SMILES string of the molecule is CC=C(C)C(=CC)C(=N)N(C(=N)c1ccccc1C(C)(CCCC)C(C)C)C(C(C)=CCC1CCC1CCC)=C(C)C. The number of amidine groups is 2. The molecule has 0 amide bonds. The number of allylic oxidation sites excluding steroid dienone is 5. The lowest BCUT2D eigenvalue weighted by Crippen LogP contribution is -2.40.